The number of fused-ring (bicyclic) bond motifs is 1. The quantitative estimate of drug-likeness (QED) is 0.778. The van der Waals surface area contributed by atoms with Gasteiger partial charge in [-0.1, -0.05) is 42.3 Å². The number of hydrogen-bond acceptors (Lipinski definition) is 2. The highest BCUT2D eigenvalue weighted by Gasteiger charge is 2.14. The fourth-order valence-corrected chi connectivity index (χ4v) is 2.91. The summed E-state index contributed by atoms with van der Waals surface area (Å²) in [4.78, 5) is 4.58. The average Bonchev–Trinajstić information content (AvgIpc) is 2.84. The van der Waals surface area contributed by atoms with Crippen molar-refractivity contribution in [3.8, 4) is 11.3 Å². The maximum absolute atomic E-state index is 9.69. The Bertz CT molecular complexity index is 811. The topological polar surface area (TPSA) is 37.5 Å². The molecule has 0 radical (unpaired) electrons. The Kier molecular flexibility index (Phi) is 3.89. The number of halogens is 2. The fourth-order valence-electron chi connectivity index (χ4n) is 2.43. The number of nitrogens with zero attached hydrogens (tertiary/aromatic N) is 2. The predicted octanol–water partition coefficient (Wildman–Crippen LogP) is 4.36. The summed E-state index contributed by atoms with van der Waals surface area (Å²) in [5.41, 5.74) is 4.16. The van der Waals surface area contributed by atoms with Crippen LogP contribution in [0.1, 0.15) is 18.2 Å². The minimum absolute atomic E-state index is 0.121. The van der Waals surface area contributed by atoms with E-state index in [0.717, 1.165) is 28.9 Å². The largest absolute Gasteiger partial charge is 0.390 e. The molecule has 0 bridgehead atoms. The average molecular weight is 321 g/mol. The van der Waals surface area contributed by atoms with Crippen LogP contribution >= 0.6 is 23.2 Å². The molecule has 0 unspecified atom stereocenters. The lowest BCUT2D eigenvalue weighted by atomic mass is 10.1. The fraction of sp³-hybridized carbons (Fsp3) is 0.188. The molecule has 21 heavy (non-hydrogen) atoms. The number of rotatable bonds is 3. The van der Waals surface area contributed by atoms with E-state index in [9.17, 15) is 5.11 Å². The molecule has 1 aromatic carbocycles. The van der Waals surface area contributed by atoms with E-state index in [-0.39, 0.29) is 6.61 Å². The highest BCUT2D eigenvalue weighted by atomic mass is 35.5. The van der Waals surface area contributed by atoms with Crippen molar-refractivity contribution in [2.75, 3.05) is 0 Å². The Morgan fingerprint density at radius 3 is 2.67 bits per heavy atom. The summed E-state index contributed by atoms with van der Waals surface area (Å²) < 4.78 is 1.80. The highest BCUT2D eigenvalue weighted by molar-refractivity contribution is 6.31. The molecule has 0 aliphatic heterocycles. The number of hydrogen-bond donors (Lipinski definition) is 1. The first-order chi connectivity index (χ1) is 10.1. The van der Waals surface area contributed by atoms with Gasteiger partial charge in [-0.15, -0.1) is 0 Å². The van der Waals surface area contributed by atoms with Crippen molar-refractivity contribution in [3.05, 3.63) is 57.8 Å². The molecule has 3 nitrogen and oxygen atoms in total. The summed E-state index contributed by atoms with van der Waals surface area (Å²) in [6, 6.07) is 9.47. The van der Waals surface area contributed by atoms with E-state index in [2.05, 4.69) is 11.9 Å². The number of imidazole rings is 1. The standard InChI is InChI=1S/C16H14Cl2N2O/c1-2-10-3-4-11(7-13(10)18)16-14(9-21)20-8-12(17)5-6-15(20)19-16/h3-8,21H,2,9H2,1H3. The van der Waals surface area contributed by atoms with E-state index >= 15 is 0 Å². The maximum atomic E-state index is 9.69. The molecule has 0 spiro atoms. The van der Waals surface area contributed by atoms with E-state index in [4.69, 9.17) is 23.2 Å². The molecule has 0 amide bonds. The van der Waals surface area contributed by atoms with E-state index in [0.29, 0.717) is 15.7 Å². The molecule has 0 aliphatic carbocycles. The van der Waals surface area contributed by atoms with Gasteiger partial charge in [0, 0.05) is 16.8 Å². The number of aliphatic hydroxyl groups excluding tert-OH is 1. The molecule has 108 valence electrons. The van der Waals surface area contributed by atoms with Crippen molar-refractivity contribution in [1.29, 1.82) is 0 Å². The third kappa shape index (κ3) is 2.53. The summed E-state index contributed by atoms with van der Waals surface area (Å²) in [6.07, 6.45) is 2.63. The minimum Gasteiger partial charge on any atom is -0.390 e. The molecule has 0 atom stereocenters. The van der Waals surface area contributed by atoms with E-state index in [1.165, 1.54) is 0 Å². The smallest absolute Gasteiger partial charge is 0.137 e. The number of aromatic nitrogens is 2. The molecule has 2 aromatic heterocycles. The zero-order valence-corrected chi connectivity index (χ0v) is 13.0. The van der Waals surface area contributed by atoms with Gasteiger partial charge in [-0.2, -0.15) is 0 Å². The SMILES string of the molecule is CCc1ccc(-c2nc3ccc(Cl)cn3c2CO)cc1Cl. The van der Waals surface area contributed by atoms with Gasteiger partial charge in [-0.3, -0.25) is 4.40 Å². The van der Waals surface area contributed by atoms with Gasteiger partial charge in [0.2, 0.25) is 0 Å². The van der Waals surface area contributed by atoms with Gasteiger partial charge in [-0.25, -0.2) is 4.98 Å². The Morgan fingerprint density at radius 2 is 2.00 bits per heavy atom. The number of aliphatic hydroxyl groups is 1. The summed E-state index contributed by atoms with van der Waals surface area (Å²) in [5.74, 6) is 0. The molecular formula is C16H14Cl2N2O. The second-order valence-corrected chi connectivity index (χ2v) is 5.64. The van der Waals surface area contributed by atoms with Crippen LogP contribution in [0.2, 0.25) is 10.0 Å². The Balaban J connectivity index is 2.22. The second kappa shape index (κ2) is 5.68. The highest BCUT2D eigenvalue weighted by Crippen LogP contribution is 2.29. The van der Waals surface area contributed by atoms with Crippen LogP contribution in [-0.4, -0.2) is 14.5 Å². The lowest BCUT2D eigenvalue weighted by Gasteiger charge is -2.05. The summed E-state index contributed by atoms with van der Waals surface area (Å²) in [6.45, 7) is 1.94. The van der Waals surface area contributed by atoms with Crippen LogP contribution in [0.15, 0.2) is 36.5 Å². The van der Waals surface area contributed by atoms with Crippen molar-refractivity contribution >= 4 is 28.8 Å². The van der Waals surface area contributed by atoms with Crippen molar-refractivity contribution in [1.82, 2.24) is 9.38 Å². The van der Waals surface area contributed by atoms with E-state index < -0.39 is 0 Å². The molecule has 1 N–H and O–H groups in total. The van der Waals surface area contributed by atoms with Gasteiger partial charge >= 0.3 is 0 Å². The summed E-state index contributed by atoms with van der Waals surface area (Å²) in [5, 5.41) is 11.0. The molecule has 0 saturated carbocycles. The van der Waals surface area contributed by atoms with Crippen LogP contribution in [0.3, 0.4) is 0 Å². The predicted molar refractivity (Wildman–Crippen MR) is 85.9 cm³/mol. The zero-order valence-electron chi connectivity index (χ0n) is 11.5. The minimum atomic E-state index is -0.121. The summed E-state index contributed by atoms with van der Waals surface area (Å²) in [7, 11) is 0. The molecule has 0 saturated heterocycles. The van der Waals surface area contributed by atoms with Gasteiger partial charge in [0.25, 0.3) is 0 Å². The van der Waals surface area contributed by atoms with Crippen LogP contribution in [0.25, 0.3) is 16.9 Å². The van der Waals surface area contributed by atoms with Crippen LogP contribution < -0.4 is 0 Å². The van der Waals surface area contributed by atoms with E-state index in [1.807, 2.05) is 24.3 Å². The lowest BCUT2D eigenvalue weighted by Crippen LogP contribution is -1.94. The van der Waals surface area contributed by atoms with Gasteiger partial charge in [0.1, 0.15) is 5.65 Å². The van der Waals surface area contributed by atoms with Crippen molar-refractivity contribution in [2.24, 2.45) is 0 Å². The third-order valence-electron chi connectivity index (χ3n) is 3.54. The first kappa shape index (κ1) is 14.4. The number of pyridine rings is 1. The molecule has 0 aliphatic rings. The van der Waals surface area contributed by atoms with E-state index in [1.54, 1.807) is 16.7 Å². The van der Waals surface area contributed by atoms with Crippen LogP contribution in [0.5, 0.6) is 0 Å². The Morgan fingerprint density at radius 1 is 1.19 bits per heavy atom. The Hall–Kier alpha value is -1.55. The normalized spacial score (nSPS) is 11.2. The van der Waals surface area contributed by atoms with Crippen LogP contribution in [-0.2, 0) is 13.0 Å². The number of benzene rings is 1. The first-order valence-corrected chi connectivity index (χ1v) is 7.45. The molecule has 3 aromatic rings. The van der Waals surface area contributed by atoms with Gasteiger partial charge < -0.3 is 5.11 Å². The number of aryl methyl sites for hydroxylation is 1. The Labute approximate surface area is 132 Å². The summed E-state index contributed by atoms with van der Waals surface area (Å²) >= 11 is 12.3. The monoisotopic (exact) mass is 320 g/mol. The molecule has 0 fully saturated rings. The molecule has 2 heterocycles. The van der Waals surface area contributed by atoms with Gasteiger partial charge in [-0.05, 0) is 30.2 Å². The van der Waals surface area contributed by atoms with Crippen LogP contribution in [0.4, 0.5) is 0 Å². The van der Waals surface area contributed by atoms with Crippen LogP contribution in [0, 0.1) is 0 Å². The van der Waals surface area contributed by atoms with Crippen molar-refractivity contribution in [3.63, 3.8) is 0 Å². The van der Waals surface area contributed by atoms with Gasteiger partial charge in [0.15, 0.2) is 0 Å². The van der Waals surface area contributed by atoms with Crippen molar-refractivity contribution in [2.45, 2.75) is 20.0 Å². The van der Waals surface area contributed by atoms with Gasteiger partial charge in [0.05, 0.1) is 23.0 Å². The molecule has 3 rings (SSSR count). The lowest BCUT2D eigenvalue weighted by molar-refractivity contribution is 0.276. The zero-order chi connectivity index (χ0) is 15.0. The maximum Gasteiger partial charge on any atom is 0.137 e. The van der Waals surface area contributed by atoms with Crippen molar-refractivity contribution < 1.29 is 5.11 Å². The first-order valence-electron chi connectivity index (χ1n) is 6.70. The third-order valence-corrected chi connectivity index (χ3v) is 4.11. The molecule has 5 heteroatoms. The molecular weight excluding hydrogens is 307 g/mol. The second-order valence-electron chi connectivity index (χ2n) is 4.80.